The van der Waals surface area contributed by atoms with Crippen molar-refractivity contribution in [3.05, 3.63) is 41.7 Å². The van der Waals surface area contributed by atoms with E-state index >= 15 is 0 Å². The highest BCUT2D eigenvalue weighted by Crippen LogP contribution is 2.34. The van der Waals surface area contributed by atoms with Gasteiger partial charge in [0.15, 0.2) is 11.5 Å². The maximum absolute atomic E-state index is 14.1. The molecule has 1 aromatic carbocycles. The number of hydrogen-bond acceptors (Lipinski definition) is 7. The Labute approximate surface area is 182 Å². The average Bonchev–Trinajstić information content (AvgIpc) is 3.19. The molecule has 1 atom stereocenters. The topological polar surface area (TPSA) is 101 Å². The van der Waals surface area contributed by atoms with Gasteiger partial charge in [0.1, 0.15) is 27.3 Å². The van der Waals surface area contributed by atoms with Crippen molar-refractivity contribution in [3.63, 3.8) is 0 Å². The summed E-state index contributed by atoms with van der Waals surface area (Å²) in [5.41, 5.74) is 6.11. The van der Waals surface area contributed by atoms with E-state index in [1.165, 1.54) is 6.07 Å². The Bertz CT molecular complexity index is 1090. The number of carbonyl (C=O) groups is 1. The minimum absolute atomic E-state index is 0.0113. The van der Waals surface area contributed by atoms with Crippen molar-refractivity contribution in [2.75, 3.05) is 35.6 Å². The highest BCUT2D eigenvalue weighted by molar-refractivity contribution is 7.19. The monoisotopic (exact) mass is 447 g/mol. The van der Waals surface area contributed by atoms with E-state index in [4.69, 9.17) is 5.73 Å². The first-order chi connectivity index (χ1) is 14.8. The maximum Gasteiger partial charge on any atom is 0.277 e. The third-order valence-corrected chi connectivity index (χ3v) is 6.11. The number of carbonyl (C=O) groups excluding carboxylic acids is 1. The lowest BCUT2D eigenvalue weighted by atomic mass is 10.2. The number of nitrogens with two attached hydrogens (primary N) is 1. The second kappa shape index (κ2) is 8.60. The van der Waals surface area contributed by atoms with Crippen LogP contribution in [0.5, 0.6) is 0 Å². The summed E-state index contributed by atoms with van der Waals surface area (Å²) in [6.45, 7) is 4.53. The molecule has 1 amide bonds. The molecule has 1 fully saturated rings. The highest BCUT2D eigenvalue weighted by atomic mass is 32.1. The summed E-state index contributed by atoms with van der Waals surface area (Å²) in [5.74, 6) is -1.32. The number of aryl methyl sites for hydroxylation is 1. The first kappa shape index (κ1) is 21.2. The number of amides is 1. The molecule has 4 N–H and O–H groups in total. The third kappa shape index (κ3) is 4.23. The molecule has 11 heteroatoms. The van der Waals surface area contributed by atoms with E-state index in [1.54, 1.807) is 10.9 Å². The minimum atomic E-state index is -0.765. The summed E-state index contributed by atoms with van der Waals surface area (Å²) in [6, 6.07) is 3.94. The van der Waals surface area contributed by atoms with Crippen LogP contribution in [0.1, 0.15) is 23.8 Å². The molecule has 1 aliphatic heterocycles. The lowest BCUT2D eigenvalue weighted by Crippen LogP contribution is -2.31. The summed E-state index contributed by atoms with van der Waals surface area (Å²) in [7, 11) is 1.81. The van der Waals surface area contributed by atoms with Crippen LogP contribution < -0.4 is 21.3 Å². The highest BCUT2D eigenvalue weighted by Gasteiger charge is 2.25. The third-order valence-electron chi connectivity index (χ3n) is 5.21. The number of hydrogen-bond donors (Lipinski definition) is 3. The molecule has 4 rings (SSSR count). The molecule has 0 aliphatic carbocycles. The fourth-order valence-corrected chi connectivity index (χ4v) is 4.48. The van der Waals surface area contributed by atoms with Gasteiger partial charge >= 0.3 is 0 Å². The maximum atomic E-state index is 14.1. The Hall–Kier alpha value is -3.05. The number of benzene rings is 1. The van der Waals surface area contributed by atoms with Crippen LogP contribution in [-0.2, 0) is 7.05 Å². The number of halogens is 2. The number of anilines is 3. The number of rotatable bonds is 4. The largest absolute Gasteiger partial charge is 0.389 e. The Morgan fingerprint density at radius 2 is 2.06 bits per heavy atom. The van der Waals surface area contributed by atoms with Gasteiger partial charge in [0.2, 0.25) is 0 Å². The summed E-state index contributed by atoms with van der Waals surface area (Å²) in [6.07, 6.45) is 2.52. The zero-order valence-electron chi connectivity index (χ0n) is 17.2. The van der Waals surface area contributed by atoms with Gasteiger partial charge in [0.25, 0.3) is 5.91 Å². The molecule has 164 valence electrons. The normalized spacial score (nSPS) is 16.9. The van der Waals surface area contributed by atoms with Gasteiger partial charge in [-0.1, -0.05) is 17.4 Å². The van der Waals surface area contributed by atoms with Crippen molar-refractivity contribution in [2.45, 2.75) is 19.4 Å². The fraction of sp³-hybridized carbons (Fsp3) is 0.350. The zero-order chi connectivity index (χ0) is 22.1. The molecule has 0 spiro atoms. The number of nitrogen functional groups attached to an aromatic ring is 1. The fourth-order valence-electron chi connectivity index (χ4n) is 3.60. The molecule has 0 radical (unpaired) electrons. The van der Waals surface area contributed by atoms with Crippen molar-refractivity contribution in [1.29, 1.82) is 0 Å². The van der Waals surface area contributed by atoms with Crippen LogP contribution in [0.4, 0.5) is 25.3 Å². The minimum Gasteiger partial charge on any atom is -0.389 e. The van der Waals surface area contributed by atoms with Gasteiger partial charge in [-0.3, -0.25) is 9.48 Å². The number of aromatic nitrogens is 3. The molecule has 0 saturated carbocycles. The van der Waals surface area contributed by atoms with E-state index in [0.29, 0.717) is 11.7 Å². The standard InChI is InChI=1S/C20H23F2N7OS/c1-11-6-8-29(9-7-24-11)20-14(10-25-28(20)2)26-18(30)16-17(23)31-19(27-16)15-12(21)4-3-5-13(15)22/h3-5,10-11,24H,6-9,23H2,1-2H3,(H,26,30)/t11-/m0/s1. The average molecular weight is 448 g/mol. The molecule has 8 nitrogen and oxygen atoms in total. The summed E-state index contributed by atoms with van der Waals surface area (Å²) in [5, 5.41) is 10.6. The van der Waals surface area contributed by atoms with Crippen LogP contribution in [0.2, 0.25) is 0 Å². The van der Waals surface area contributed by atoms with Crippen molar-refractivity contribution in [1.82, 2.24) is 20.1 Å². The van der Waals surface area contributed by atoms with Crippen molar-refractivity contribution in [2.24, 2.45) is 7.05 Å². The summed E-state index contributed by atoms with van der Waals surface area (Å²) in [4.78, 5) is 19.2. The molecule has 0 bridgehead atoms. The van der Waals surface area contributed by atoms with Gasteiger partial charge in [-0.2, -0.15) is 5.10 Å². The van der Waals surface area contributed by atoms with Gasteiger partial charge < -0.3 is 21.3 Å². The Balaban J connectivity index is 1.60. The van der Waals surface area contributed by atoms with Crippen LogP contribution in [-0.4, -0.2) is 46.3 Å². The first-order valence-electron chi connectivity index (χ1n) is 9.87. The van der Waals surface area contributed by atoms with E-state index in [2.05, 4.69) is 32.5 Å². The van der Waals surface area contributed by atoms with Gasteiger partial charge in [0.05, 0.1) is 11.8 Å². The van der Waals surface area contributed by atoms with E-state index in [-0.39, 0.29) is 21.3 Å². The zero-order valence-corrected chi connectivity index (χ0v) is 18.0. The van der Waals surface area contributed by atoms with Crippen LogP contribution >= 0.6 is 11.3 Å². The molecular formula is C20H23F2N7OS. The molecule has 31 heavy (non-hydrogen) atoms. The van der Waals surface area contributed by atoms with Gasteiger partial charge in [-0.25, -0.2) is 13.8 Å². The second-order valence-corrected chi connectivity index (χ2v) is 8.45. The van der Waals surface area contributed by atoms with Crippen LogP contribution in [0, 0.1) is 11.6 Å². The lowest BCUT2D eigenvalue weighted by Gasteiger charge is -2.23. The van der Waals surface area contributed by atoms with E-state index in [9.17, 15) is 13.6 Å². The molecule has 3 heterocycles. The van der Waals surface area contributed by atoms with Crippen LogP contribution in [0.25, 0.3) is 10.6 Å². The molecule has 1 aliphatic rings. The van der Waals surface area contributed by atoms with Crippen molar-refractivity contribution < 1.29 is 13.6 Å². The van der Waals surface area contributed by atoms with Crippen molar-refractivity contribution >= 4 is 33.8 Å². The number of nitrogens with zero attached hydrogens (tertiary/aromatic N) is 4. The molecular weight excluding hydrogens is 424 g/mol. The molecule has 2 aromatic heterocycles. The first-order valence-corrected chi connectivity index (χ1v) is 10.7. The SMILES string of the molecule is C[C@H]1CCN(c2c(NC(=O)c3nc(-c4c(F)cccc4F)sc3N)cnn2C)CCN1. The van der Waals surface area contributed by atoms with Crippen LogP contribution in [0.15, 0.2) is 24.4 Å². The second-order valence-electron chi connectivity index (χ2n) is 7.42. The Morgan fingerprint density at radius 3 is 2.81 bits per heavy atom. The predicted octanol–water partition coefficient (Wildman–Crippen LogP) is 2.84. The smallest absolute Gasteiger partial charge is 0.277 e. The van der Waals surface area contributed by atoms with E-state index in [0.717, 1.165) is 55.3 Å². The quantitative estimate of drug-likeness (QED) is 0.569. The van der Waals surface area contributed by atoms with Gasteiger partial charge in [0, 0.05) is 32.7 Å². The summed E-state index contributed by atoms with van der Waals surface area (Å²) >= 11 is 0.861. The van der Waals surface area contributed by atoms with E-state index in [1.807, 2.05) is 7.05 Å². The number of thiazole rings is 1. The van der Waals surface area contributed by atoms with Gasteiger partial charge in [-0.15, -0.1) is 0 Å². The molecule has 1 saturated heterocycles. The van der Waals surface area contributed by atoms with Crippen molar-refractivity contribution in [3.8, 4) is 10.6 Å². The van der Waals surface area contributed by atoms with Crippen LogP contribution in [0.3, 0.4) is 0 Å². The Morgan fingerprint density at radius 1 is 1.32 bits per heavy atom. The summed E-state index contributed by atoms with van der Waals surface area (Å²) < 4.78 is 29.9. The van der Waals surface area contributed by atoms with E-state index < -0.39 is 17.5 Å². The van der Waals surface area contributed by atoms with Gasteiger partial charge in [-0.05, 0) is 25.5 Å². The predicted molar refractivity (Wildman–Crippen MR) is 117 cm³/mol. The Kier molecular flexibility index (Phi) is 5.88. The lowest BCUT2D eigenvalue weighted by molar-refractivity contribution is 0.102. The number of nitrogens with one attached hydrogen (secondary N) is 2. The molecule has 0 unspecified atom stereocenters. The molecule has 3 aromatic rings.